The van der Waals surface area contributed by atoms with Gasteiger partial charge in [-0.3, -0.25) is 4.57 Å². The first-order chi connectivity index (χ1) is 35.0. The van der Waals surface area contributed by atoms with Gasteiger partial charge in [-0.25, -0.2) is 4.98 Å². The first-order valence-corrected chi connectivity index (χ1v) is 24.4. The summed E-state index contributed by atoms with van der Waals surface area (Å²) in [5.41, 5.74) is 19.1. The van der Waals surface area contributed by atoms with Crippen LogP contribution < -0.4 is 0 Å². The van der Waals surface area contributed by atoms with Crippen LogP contribution in [-0.2, 0) is 5.41 Å². The molecule has 3 heterocycles. The van der Waals surface area contributed by atoms with Gasteiger partial charge >= 0.3 is 0 Å². The first-order valence-electron chi connectivity index (χ1n) is 24.4. The van der Waals surface area contributed by atoms with Crippen molar-refractivity contribution in [1.29, 1.82) is 0 Å². The molecule has 5 nitrogen and oxygen atoms in total. The molecule has 0 spiro atoms. The monoisotopic (exact) mass is 907 g/mol. The predicted molar refractivity (Wildman–Crippen MR) is 293 cm³/mol. The van der Waals surface area contributed by atoms with Gasteiger partial charge in [0.1, 0.15) is 0 Å². The maximum atomic E-state index is 5.50. The second kappa shape index (κ2) is 15.9. The molecule has 0 atom stereocenters. The molecule has 0 aliphatic heterocycles. The molecule has 0 radical (unpaired) electrons. The molecule has 1 aliphatic carbocycles. The van der Waals surface area contributed by atoms with Crippen molar-refractivity contribution in [3.8, 4) is 78.9 Å². The highest BCUT2D eigenvalue weighted by atomic mass is 15.2. The third-order valence-corrected chi connectivity index (χ3v) is 14.7. The smallest absolute Gasteiger partial charge is 0.238 e. The van der Waals surface area contributed by atoms with Crippen LogP contribution in [0.5, 0.6) is 0 Å². The van der Waals surface area contributed by atoms with Crippen molar-refractivity contribution in [1.82, 2.24) is 24.1 Å². The van der Waals surface area contributed by atoms with E-state index in [0.29, 0.717) is 17.6 Å². The summed E-state index contributed by atoms with van der Waals surface area (Å²) in [6, 6.07) is 85.0. The molecule has 0 saturated carbocycles. The molecule has 0 bridgehead atoms. The third-order valence-electron chi connectivity index (χ3n) is 14.7. The van der Waals surface area contributed by atoms with Crippen LogP contribution in [-0.4, -0.2) is 24.1 Å². The molecule has 0 fully saturated rings. The lowest BCUT2D eigenvalue weighted by Crippen LogP contribution is -2.18. The van der Waals surface area contributed by atoms with Gasteiger partial charge in [0.2, 0.25) is 5.95 Å². The SMILES string of the molecule is CC1(C)c2ccccc2-c2cc(-c3cccc(-c4ccccc4)c3)cc(-n3c4ccccc4c4ccc5c6ccccc6n(-c6nc(-c7ccccc7)nc(-c7cccc(-c8ccccc8)c7)n6)c5c43)c21. The van der Waals surface area contributed by atoms with Crippen molar-refractivity contribution in [2.24, 2.45) is 0 Å². The molecule has 14 rings (SSSR count). The van der Waals surface area contributed by atoms with E-state index in [4.69, 9.17) is 15.0 Å². The molecular formula is C66H45N5. The molecule has 13 aromatic rings. The molecule has 3 aromatic heterocycles. The van der Waals surface area contributed by atoms with Crippen LogP contribution in [0.25, 0.3) is 123 Å². The summed E-state index contributed by atoms with van der Waals surface area (Å²) in [4.78, 5) is 16.2. The fourth-order valence-electron chi connectivity index (χ4n) is 11.5. The van der Waals surface area contributed by atoms with Crippen LogP contribution in [0.2, 0.25) is 0 Å². The zero-order valence-corrected chi connectivity index (χ0v) is 39.3. The highest BCUT2D eigenvalue weighted by Gasteiger charge is 2.39. The minimum absolute atomic E-state index is 0.314. The third kappa shape index (κ3) is 6.43. The first kappa shape index (κ1) is 40.8. The van der Waals surface area contributed by atoms with Crippen LogP contribution in [0.3, 0.4) is 0 Å². The molecule has 0 unspecified atom stereocenters. The molecule has 0 N–H and O–H groups in total. The van der Waals surface area contributed by atoms with Crippen LogP contribution in [0, 0.1) is 0 Å². The average molecular weight is 908 g/mol. The lowest BCUT2D eigenvalue weighted by molar-refractivity contribution is 0.657. The second-order valence-corrected chi connectivity index (χ2v) is 19.2. The van der Waals surface area contributed by atoms with Gasteiger partial charge in [0, 0.05) is 38.1 Å². The minimum atomic E-state index is -0.314. The van der Waals surface area contributed by atoms with Gasteiger partial charge in [-0.2, -0.15) is 9.97 Å². The van der Waals surface area contributed by atoms with Gasteiger partial charge < -0.3 is 4.57 Å². The van der Waals surface area contributed by atoms with Gasteiger partial charge in [-0.05, 0) is 92.0 Å². The zero-order valence-electron chi connectivity index (χ0n) is 39.3. The van der Waals surface area contributed by atoms with Gasteiger partial charge in [-0.15, -0.1) is 0 Å². The van der Waals surface area contributed by atoms with Gasteiger partial charge in [0.15, 0.2) is 11.6 Å². The Morgan fingerprint density at radius 1 is 0.324 bits per heavy atom. The Kier molecular flexibility index (Phi) is 9.17. The van der Waals surface area contributed by atoms with Crippen molar-refractivity contribution >= 4 is 43.6 Å². The average Bonchev–Trinajstić information content (AvgIpc) is 4.05. The van der Waals surface area contributed by atoms with Crippen LogP contribution in [0.15, 0.2) is 237 Å². The van der Waals surface area contributed by atoms with E-state index in [2.05, 4.69) is 241 Å². The quantitative estimate of drug-likeness (QED) is 0.160. The Morgan fingerprint density at radius 3 is 1.42 bits per heavy atom. The number of aromatic nitrogens is 5. The number of benzene rings is 10. The second-order valence-electron chi connectivity index (χ2n) is 19.2. The van der Waals surface area contributed by atoms with E-state index >= 15 is 0 Å². The summed E-state index contributed by atoms with van der Waals surface area (Å²) >= 11 is 0. The molecule has 0 saturated heterocycles. The maximum Gasteiger partial charge on any atom is 0.238 e. The lowest BCUT2D eigenvalue weighted by atomic mass is 9.81. The molecular weight excluding hydrogens is 863 g/mol. The Balaban J connectivity index is 1.10. The van der Waals surface area contributed by atoms with E-state index in [-0.39, 0.29) is 5.41 Å². The van der Waals surface area contributed by atoms with Crippen LogP contribution >= 0.6 is 0 Å². The Hall–Kier alpha value is -9.19. The zero-order chi connectivity index (χ0) is 47.2. The van der Waals surface area contributed by atoms with Crippen molar-refractivity contribution in [3.63, 3.8) is 0 Å². The lowest BCUT2D eigenvalue weighted by Gasteiger charge is -2.26. The van der Waals surface area contributed by atoms with Crippen molar-refractivity contribution in [2.75, 3.05) is 0 Å². The standard InChI is InChI=1S/C66H45N5/c1-66(2)56-33-15-12-30-50(56)55-40-49(47-28-18-26-45(38-47)42-20-6-3-7-21-42)41-59(60(55)66)70-57-34-16-13-31-51(57)53-36-37-54-52-32-14-17-35-58(52)71(62(54)61(53)70)65-68-63(44-24-10-5-11-25-44)67-64(69-65)48-29-19-27-46(39-48)43-22-8-4-9-23-43/h3-41H,1-2H3. The molecule has 334 valence electrons. The van der Waals surface area contributed by atoms with E-state index in [1.54, 1.807) is 0 Å². The van der Waals surface area contributed by atoms with Crippen LogP contribution in [0.4, 0.5) is 0 Å². The van der Waals surface area contributed by atoms with Crippen molar-refractivity contribution < 1.29 is 0 Å². The van der Waals surface area contributed by atoms with Gasteiger partial charge in [0.05, 0.1) is 27.8 Å². The maximum absolute atomic E-state index is 5.50. The van der Waals surface area contributed by atoms with Crippen molar-refractivity contribution in [2.45, 2.75) is 19.3 Å². The summed E-state index contributed by atoms with van der Waals surface area (Å²) in [7, 11) is 0. The number of rotatable bonds is 7. The summed E-state index contributed by atoms with van der Waals surface area (Å²) in [6.07, 6.45) is 0. The van der Waals surface area contributed by atoms with E-state index in [9.17, 15) is 0 Å². The molecule has 71 heavy (non-hydrogen) atoms. The van der Waals surface area contributed by atoms with E-state index < -0.39 is 0 Å². The highest BCUT2D eigenvalue weighted by Crippen LogP contribution is 2.54. The molecule has 10 aromatic carbocycles. The number of para-hydroxylation sites is 2. The van der Waals surface area contributed by atoms with E-state index in [1.165, 1.54) is 44.3 Å². The van der Waals surface area contributed by atoms with E-state index in [0.717, 1.165) is 71.7 Å². The summed E-state index contributed by atoms with van der Waals surface area (Å²) < 4.78 is 4.86. The topological polar surface area (TPSA) is 48.5 Å². The normalized spacial score (nSPS) is 12.8. The fraction of sp³-hybridized carbons (Fsp3) is 0.0455. The largest absolute Gasteiger partial charge is 0.307 e. The Labute approximate surface area is 411 Å². The summed E-state index contributed by atoms with van der Waals surface area (Å²) in [6.45, 7) is 4.78. The molecule has 0 amide bonds. The highest BCUT2D eigenvalue weighted by molar-refractivity contribution is 6.24. The van der Waals surface area contributed by atoms with Gasteiger partial charge in [0.25, 0.3) is 0 Å². The van der Waals surface area contributed by atoms with E-state index in [1.807, 2.05) is 18.2 Å². The number of hydrogen-bond acceptors (Lipinski definition) is 3. The molecule has 1 aliphatic rings. The van der Waals surface area contributed by atoms with Crippen LogP contribution in [0.1, 0.15) is 25.0 Å². The van der Waals surface area contributed by atoms with Crippen molar-refractivity contribution in [3.05, 3.63) is 248 Å². The fourth-order valence-corrected chi connectivity index (χ4v) is 11.5. The van der Waals surface area contributed by atoms with Gasteiger partial charge in [-0.1, -0.05) is 214 Å². The number of nitrogens with zero attached hydrogens (tertiary/aromatic N) is 5. The molecule has 5 heteroatoms. The summed E-state index contributed by atoms with van der Waals surface area (Å²) in [5, 5.41) is 4.58. The summed E-state index contributed by atoms with van der Waals surface area (Å²) in [5.74, 6) is 1.77. The Morgan fingerprint density at radius 2 is 0.789 bits per heavy atom. The minimum Gasteiger partial charge on any atom is -0.307 e. The number of hydrogen-bond donors (Lipinski definition) is 0. The Bertz CT molecular complexity index is 4240. The predicted octanol–water partition coefficient (Wildman–Crippen LogP) is 16.7. The number of fused-ring (bicyclic) bond motifs is 10.